The van der Waals surface area contributed by atoms with Gasteiger partial charge in [0, 0.05) is 30.9 Å². The van der Waals surface area contributed by atoms with Crippen LogP contribution in [0.25, 0.3) is 0 Å². The van der Waals surface area contributed by atoms with E-state index in [4.69, 9.17) is 10.5 Å². The molecule has 2 fully saturated rings. The lowest BCUT2D eigenvalue weighted by Crippen LogP contribution is -2.38. The Bertz CT molecular complexity index is 632. The number of carbonyl (C=O) groups is 2. The molecule has 0 aromatic heterocycles. The molecule has 1 heterocycles. The minimum atomic E-state index is -0.442. The average Bonchev–Trinajstić information content (AvgIpc) is 3.17. The average molecular weight is 396 g/mol. The van der Waals surface area contributed by atoms with Crippen molar-refractivity contribution in [2.24, 2.45) is 5.73 Å². The Hall–Kier alpha value is -1.63. The highest BCUT2D eigenvalue weighted by Crippen LogP contribution is 2.24. The van der Waals surface area contributed by atoms with Crippen LogP contribution in [-0.4, -0.2) is 48.6 Å². The second-order valence-electron chi connectivity index (χ2n) is 7.33. The van der Waals surface area contributed by atoms with Crippen LogP contribution in [0.4, 0.5) is 5.69 Å². The zero-order valence-electron chi connectivity index (χ0n) is 15.9. The Morgan fingerprint density at radius 1 is 1.11 bits per heavy atom. The van der Waals surface area contributed by atoms with Gasteiger partial charge in [0.15, 0.2) is 0 Å². The molecule has 0 radical (unpaired) electrons. The number of hydrogen-bond acceptors (Lipinski definition) is 4. The van der Waals surface area contributed by atoms with Gasteiger partial charge in [0.25, 0.3) is 11.8 Å². The Labute approximate surface area is 167 Å². The monoisotopic (exact) mass is 395 g/mol. The van der Waals surface area contributed by atoms with Crippen molar-refractivity contribution in [3.05, 3.63) is 29.8 Å². The maximum atomic E-state index is 12.7. The van der Waals surface area contributed by atoms with Crippen molar-refractivity contribution in [3.63, 3.8) is 0 Å². The first-order valence-corrected chi connectivity index (χ1v) is 9.62. The Balaban J connectivity index is 0.00000261. The number of amides is 2. The summed E-state index contributed by atoms with van der Waals surface area (Å²) in [4.78, 5) is 26.8. The lowest BCUT2D eigenvalue weighted by molar-refractivity contribution is -0.126. The summed E-state index contributed by atoms with van der Waals surface area (Å²) in [5, 5.41) is 2.86. The highest BCUT2D eigenvalue weighted by atomic mass is 35.5. The standard InChI is InChI=1S/C20H29N3O3.ClH/c1-23(16-5-3-2-4-6-16)20(25)14-7-9-15(10-8-14)22-19(24)18-12-11-17(13-21)26-18;/h7-10,16-18H,2-6,11-13,21H2,1H3,(H,22,24);1H/t17-,18+;/m1./s1. The largest absolute Gasteiger partial charge is 0.364 e. The molecule has 3 rings (SSSR count). The number of carbonyl (C=O) groups excluding carboxylic acids is 2. The molecule has 27 heavy (non-hydrogen) atoms. The van der Waals surface area contributed by atoms with Gasteiger partial charge in [0.1, 0.15) is 6.10 Å². The number of benzene rings is 1. The van der Waals surface area contributed by atoms with Gasteiger partial charge in [-0.3, -0.25) is 9.59 Å². The van der Waals surface area contributed by atoms with E-state index in [1.165, 1.54) is 19.3 Å². The van der Waals surface area contributed by atoms with E-state index in [9.17, 15) is 9.59 Å². The molecule has 1 aromatic carbocycles. The van der Waals surface area contributed by atoms with Gasteiger partial charge in [-0.25, -0.2) is 0 Å². The minimum absolute atomic E-state index is 0. The van der Waals surface area contributed by atoms with Crippen LogP contribution in [0.2, 0.25) is 0 Å². The van der Waals surface area contributed by atoms with Crippen molar-refractivity contribution in [2.75, 3.05) is 18.9 Å². The highest BCUT2D eigenvalue weighted by molar-refractivity contribution is 5.97. The molecule has 2 aliphatic rings. The molecule has 1 aliphatic carbocycles. The van der Waals surface area contributed by atoms with Crippen LogP contribution >= 0.6 is 12.4 Å². The van der Waals surface area contributed by atoms with Crippen molar-refractivity contribution in [2.45, 2.75) is 63.2 Å². The molecule has 0 spiro atoms. The van der Waals surface area contributed by atoms with Crippen LogP contribution in [0.5, 0.6) is 0 Å². The van der Waals surface area contributed by atoms with Crippen LogP contribution in [-0.2, 0) is 9.53 Å². The van der Waals surface area contributed by atoms with E-state index in [1.54, 1.807) is 24.3 Å². The molecule has 1 saturated carbocycles. The summed E-state index contributed by atoms with van der Waals surface area (Å²) >= 11 is 0. The Kier molecular flexibility index (Phi) is 8.07. The normalized spacial score (nSPS) is 22.7. The molecule has 150 valence electrons. The third-order valence-corrected chi connectivity index (χ3v) is 5.51. The topological polar surface area (TPSA) is 84.7 Å². The number of halogens is 1. The van der Waals surface area contributed by atoms with E-state index in [-0.39, 0.29) is 30.3 Å². The van der Waals surface area contributed by atoms with Crippen molar-refractivity contribution < 1.29 is 14.3 Å². The lowest BCUT2D eigenvalue weighted by atomic mass is 9.94. The van der Waals surface area contributed by atoms with Crippen LogP contribution in [0.15, 0.2) is 24.3 Å². The first-order valence-electron chi connectivity index (χ1n) is 9.62. The van der Waals surface area contributed by atoms with Crippen LogP contribution < -0.4 is 11.1 Å². The number of nitrogens with zero attached hydrogens (tertiary/aromatic N) is 1. The first kappa shape index (κ1) is 21.7. The summed E-state index contributed by atoms with van der Waals surface area (Å²) in [6.45, 7) is 0.440. The maximum absolute atomic E-state index is 12.7. The molecule has 1 saturated heterocycles. The molecular weight excluding hydrogens is 366 g/mol. The second kappa shape index (κ2) is 10.1. The quantitative estimate of drug-likeness (QED) is 0.802. The van der Waals surface area contributed by atoms with Crippen LogP contribution in [0.3, 0.4) is 0 Å². The van der Waals surface area contributed by atoms with Gasteiger partial charge in [-0.2, -0.15) is 0 Å². The lowest BCUT2D eigenvalue weighted by Gasteiger charge is -2.31. The number of rotatable bonds is 5. The fraction of sp³-hybridized carbons (Fsp3) is 0.600. The van der Waals surface area contributed by atoms with E-state index in [0.717, 1.165) is 19.3 Å². The SMILES string of the molecule is CN(C(=O)c1ccc(NC(=O)[C@@H]2CC[C@H](CN)O2)cc1)C1CCCCC1.Cl. The fourth-order valence-corrected chi connectivity index (χ4v) is 3.83. The zero-order chi connectivity index (χ0) is 18.5. The Morgan fingerprint density at radius 3 is 2.37 bits per heavy atom. The molecular formula is C20H30ClN3O3. The summed E-state index contributed by atoms with van der Waals surface area (Å²) in [6, 6.07) is 7.43. The van der Waals surface area contributed by atoms with Crippen molar-refractivity contribution in [1.29, 1.82) is 0 Å². The number of anilines is 1. The van der Waals surface area contributed by atoms with E-state index >= 15 is 0 Å². The van der Waals surface area contributed by atoms with E-state index < -0.39 is 6.10 Å². The predicted octanol–water partition coefficient (Wildman–Crippen LogP) is 2.96. The molecule has 2 amide bonds. The maximum Gasteiger partial charge on any atom is 0.253 e. The van der Waals surface area contributed by atoms with Gasteiger partial charge in [-0.05, 0) is 49.9 Å². The predicted molar refractivity (Wildman–Crippen MR) is 108 cm³/mol. The fourth-order valence-electron chi connectivity index (χ4n) is 3.83. The number of nitrogens with one attached hydrogen (secondary N) is 1. The molecule has 2 atom stereocenters. The van der Waals surface area contributed by atoms with Gasteiger partial charge in [0.05, 0.1) is 6.10 Å². The van der Waals surface area contributed by atoms with Crippen LogP contribution in [0, 0.1) is 0 Å². The van der Waals surface area contributed by atoms with E-state index in [0.29, 0.717) is 30.3 Å². The Morgan fingerprint density at radius 2 is 1.78 bits per heavy atom. The zero-order valence-corrected chi connectivity index (χ0v) is 16.7. The van der Waals surface area contributed by atoms with Gasteiger partial charge in [-0.15, -0.1) is 12.4 Å². The summed E-state index contributed by atoms with van der Waals surface area (Å²) in [5.41, 5.74) is 6.90. The van der Waals surface area contributed by atoms with E-state index in [1.807, 2.05) is 11.9 Å². The van der Waals surface area contributed by atoms with Gasteiger partial charge >= 0.3 is 0 Å². The van der Waals surface area contributed by atoms with Crippen molar-refractivity contribution in [3.8, 4) is 0 Å². The smallest absolute Gasteiger partial charge is 0.253 e. The molecule has 0 bridgehead atoms. The number of hydrogen-bond donors (Lipinski definition) is 2. The summed E-state index contributed by atoms with van der Waals surface area (Å²) in [6.07, 6.45) is 6.87. The van der Waals surface area contributed by atoms with Crippen molar-refractivity contribution in [1.82, 2.24) is 4.90 Å². The van der Waals surface area contributed by atoms with E-state index in [2.05, 4.69) is 5.32 Å². The molecule has 1 aromatic rings. The summed E-state index contributed by atoms with van der Waals surface area (Å²) in [5.74, 6) is -0.112. The molecule has 3 N–H and O–H groups in total. The second-order valence-corrected chi connectivity index (χ2v) is 7.33. The number of ether oxygens (including phenoxy) is 1. The minimum Gasteiger partial charge on any atom is -0.364 e. The van der Waals surface area contributed by atoms with Gasteiger partial charge in [-0.1, -0.05) is 19.3 Å². The van der Waals surface area contributed by atoms with Gasteiger partial charge in [0.2, 0.25) is 0 Å². The summed E-state index contributed by atoms with van der Waals surface area (Å²) < 4.78 is 5.61. The molecule has 7 heteroatoms. The van der Waals surface area contributed by atoms with Gasteiger partial charge < -0.3 is 20.7 Å². The molecule has 0 unspecified atom stereocenters. The number of nitrogens with two attached hydrogens (primary N) is 1. The third kappa shape index (κ3) is 5.43. The first-order chi connectivity index (χ1) is 12.6. The molecule has 1 aliphatic heterocycles. The third-order valence-electron chi connectivity index (χ3n) is 5.51. The van der Waals surface area contributed by atoms with Crippen molar-refractivity contribution >= 4 is 29.9 Å². The van der Waals surface area contributed by atoms with Crippen LogP contribution in [0.1, 0.15) is 55.3 Å². The highest BCUT2D eigenvalue weighted by Gasteiger charge is 2.30. The summed E-state index contributed by atoms with van der Waals surface area (Å²) in [7, 11) is 1.89. The molecule has 6 nitrogen and oxygen atoms in total.